The van der Waals surface area contributed by atoms with E-state index in [1.165, 1.54) is 6.07 Å². The van der Waals surface area contributed by atoms with Gasteiger partial charge in [-0.25, -0.2) is 0 Å². The Morgan fingerprint density at radius 2 is 1.65 bits per heavy atom. The number of aliphatic hydroxyl groups is 1. The minimum Gasteiger partial charge on any atom is -0.394 e. The predicted octanol–water partition coefficient (Wildman–Crippen LogP) is 0.457. The number of nitrogens with one attached hydrogen (secondary N) is 2. The molecule has 8 heteroatoms. The molecule has 1 fully saturated rings. The van der Waals surface area contributed by atoms with Gasteiger partial charge in [-0.1, -0.05) is 42.5 Å². The van der Waals surface area contributed by atoms with Crippen molar-refractivity contribution in [2.24, 2.45) is 0 Å². The Morgan fingerprint density at radius 1 is 0.968 bits per heavy atom. The minimum absolute atomic E-state index is 0.199. The smallest absolute Gasteiger partial charge is 0.252 e. The molecule has 3 rings (SSSR count). The molecule has 2 aromatic rings. The fourth-order valence-corrected chi connectivity index (χ4v) is 3.28. The van der Waals surface area contributed by atoms with Crippen molar-refractivity contribution in [2.45, 2.75) is 6.04 Å². The van der Waals surface area contributed by atoms with Gasteiger partial charge in [0.25, 0.3) is 5.91 Å². The molecular weight excluding hydrogens is 398 g/mol. The number of nitrogens with zero attached hydrogens (tertiary/aromatic N) is 1. The van der Waals surface area contributed by atoms with Gasteiger partial charge in [0.1, 0.15) is 6.04 Å². The van der Waals surface area contributed by atoms with Crippen molar-refractivity contribution in [1.82, 2.24) is 15.5 Å². The van der Waals surface area contributed by atoms with Crippen molar-refractivity contribution < 1.29 is 24.2 Å². The normalized spacial score (nSPS) is 15.1. The Hall–Kier alpha value is -3.07. The van der Waals surface area contributed by atoms with Gasteiger partial charge in [-0.15, -0.1) is 0 Å². The Bertz CT molecular complexity index is 897. The zero-order valence-electron chi connectivity index (χ0n) is 17.3. The number of ketones is 1. The highest BCUT2D eigenvalue weighted by molar-refractivity contribution is 6.10. The lowest BCUT2D eigenvalue weighted by atomic mass is 10.0. The summed E-state index contributed by atoms with van der Waals surface area (Å²) in [6, 6.07) is 14.0. The first-order valence-electron chi connectivity index (χ1n) is 10.3. The van der Waals surface area contributed by atoms with Crippen LogP contribution in [0.25, 0.3) is 0 Å². The first-order chi connectivity index (χ1) is 15.1. The molecule has 0 aliphatic carbocycles. The van der Waals surface area contributed by atoms with E-state index in [1.807, 2.05) is 6.07 Å². The molecule has 1 heterocycles. The molecule has 0 spiro atoms. The fourth-order valence-electron chi connectivity index (χ4n) is 3.28. The summed E-state index contributed by atoms with van der Waals surface area (Å²) in [5, 5.41) is 14.8. The Balaban J connectivity index is 1.56. The van der Waals surface area contributed by atoms with E-state index in [1.54, 1.807) is 42.5 Å². The summed E-state index contributed by atoms with van der Waals surface area (Å²) in [5.74, 6) is -1.19. The topological polar surface area (TPSA) is 108 Å². The van der Waals surface area contributed by atoms with E-state index in [9.17, 15) is 19.5 Å². The molecule has 0 radical (unpaired) electrons. The zero-order chi connectivity index (χ0) is 22.1. The molecule has 1 atom stereocenters. The van der Waals surface area contributed by atoms with Gasteiger partial charge in [0.2, 0.25) is 5.91 Å². The summed E-state index contributed by atoms with van der Waals surface area (Å²) >= 11 is 0. The lowest BCUT2D eigenvalue weighted by Gasteiger charge is -2.26. The summed E-state index contributed by atoms with van der Waals surface area (Å²) in [7, 11) is 0. The van der Waals surface area contributed by atoms with E-state index >= 15 is 0 Å². The first kappa shape index (κ1) is 22.6. The summed E-state index contributed by atoms with van der Waals surface area (Å²) in [6.45, 7) is 3.53. The van der Waals surface area contributed by atoms with Gasteiger partial charge in [0.05, 0.1) is 19.8 Å². The largest absolute Gasteiger partial charge is 0.394 e. The average Bonchev–Trinajstić information content (AvgIpc) is 2.83. The molecule has 1 unspecified atom stereocenters. The molecule has 164 valence electrons. The van der Waals surface area contributed by atoms with Crippen LogP contribution in [-0.2, 0) is 9.53 Å². The number of rotatable bonds is 9. The molecule has 3 N–H and O–H groups in total. The Labute approximate surface area is 181 Å². The van der Waals surface area contributed by atoms with E-state index < -0.39 is 24.5 Å². The number of aliphatic hydroxyl groups excluding tert-OH is 1. The first-order valence-corrected chi connectivity index (χ1v) is 10.3. The quantitative estimate of drug-likeness (QED) is 0.504. The van der Waals surface area contributed by atoms with Crippen molar-refractivity contribution in [1.29, 1.82) is 0 Å². The number of hydrogen-bond acceptors (Lipinski definition) is 6. The highest BCUT2D eigenvalue weighted by Gasteiger charge is 2.21. The number of amides is 2. The monoisotopic (exact) mass is 425 g/mol. The van der Waals surface area contributed by atoms with Crippen LogP contribution in [0.3, 0.4) is 0 Å². The predicted molar refractivity (Wildman–Crippen MR) is 115 cm³/mol. The van der Waals surface area contributed by atoms with Crippen LogP contribution in [0, 0.1) is 0 Å². The van der Waals surface area contributed by atoms with Gasteiger partial charge in [0.15, 0.2) is 5.78 Å². The van der Waals surface area contributed by atoms with Gasteiger partial charge in [-0.2, -0.15) is 0 Å². The number of benzene rings is 2. The van der Waals surface area contributed by atoms with Crippen LogP contribution in [0.1, 0.15) is 26.3 Å². The molecule has 0 saturated carbocycles. The third-order valence-corrected chi connectivity index (χ3v) is 5.06. The second-order valence-electron chi connectivity index (χ2n) is 7.23. The summed E-state index contributed by atoms with van der Waals surface area (Å²) in [5.41, 5.74) is 1.13. The van der Waals surface area contributed by atoms with Gasteiger partial charge in [-0.3, -0.25) is 19.3 Å². The average molecular weight is 425 g/mol. The van der Waals surface area contributed by atoms with Gasteiger partial charge in [0, 0.05) is 42.9 Å². The fraction of sp³-hybridized carbons (Fsp3) is 0.348. The zero-order valence-corrected chi connectivity index (χ0v) is 17.3. The lowest BCUT2D eigenvalue weighted by molar-refractivity contribution is -0.123. The van der Waals surface area contributed by atoms with Crippen LogP contribution in [0.4, 0.5) is 0 Å². The third-order valence-electron chi connectivity index (χ3n) is 5.06. The van der Waals surface area contributed by atoms with Gasteiger partial charge < -0.3 is 20.5 Å². The van der Waals surface area contributed by atoms with E-state index in [2.05, 4.69) is 15.5 Å². The molecule has 1 aliphatic heterocycles. The number of ether oxygens (including phenoxy) is 1. The SMILES string of the molecule is O=C(NC(CO)C(=O)NCCN1CCOCC1)c1cccc(C(=O)c2ccccc2)c1. The second-order valence-corrected chi connectivity index (χ2v) is 7.23. The maximum absolute atomic E-state index is 12.6. The molecule has 8 nitrogen and oxygen atoms in total. The number of carbonyl (C=O) groups is 3. The number of carbonyl (C=O) groups excluding carboxylic acids is 3. The Morgan fingerprint density at radius 3 is 2.35 bits per heavy atom. The highest BCUT2D eigenvalue weighted by Crippen LogP contribution is 2.12. The van der Waals surface area contributed by atoms with Crippen molar-refractivity contribution in [2.75, 3.05) is 46.0 Å². The van der Waals surface area contributed by atoms with E-state index in [0.717, 1.165) is 13.1 Å². The van der Waals surface area contributed by atoms with Crippen molar-refractivity contribution >= 4 is 17.6 Å². The minimum atomic E-state index is -1.08. The lowest BCUT2D eigenvalue weighted by Crippen LogP contribution is -2.50. The van der Waals surface area contributed by atoms with Crippen LogP contribution in [-0.4, -0.2) is 79.6 Å². The summed E-state index contributed by atoms with van der Waals surface area (Å²) in [4.78, 5) is 39.8. The van der Waals surface area contributed by atoms with Crippen molar-refractivity contribution in [3.8, 4) is 0 Å². The molecule has 1 saturated heterocycles. The molecule has 0 aromatic heterocycles. The third kappa shape index (κ3) is 6.45. The summed E-state index contributed by atoms with van der Waals surface area (Å²) < 4.78 is 5.29. The van der Waals surface area contributed by atoms with Crippen LogP contribution < -0.4 is 10.6 Å². The molecule has 2 aromatic carbocycles. The van der Waals surface area contributed by atoms with E-state index in [-0.39, 0.29) is 11.3 Å². The Kier molecular flexibility index (Phi) is 8.28. The number of hydrogen-bond donors (Lipinski definition) is 3. The van der Waals surface area contributed by atoms with Crippen LogP contribution in [0.5, 0.6) is 0 Å². The standard InChI is InChI=1S/C23H27N3O5/c27-16-20(23(30)24-9-10-26-11-13-31-14-12-26)25-22(29)19-8-4-7-18(15-19)21(28)17-5-2-1-3-6-17/h1-8,15,20,27H,9-14,16H2,(H,24,30)(H,25,29). The van der Waals surface area contributed by atoms with Gasteiger partial charge >= 0.3 is 0 Å². The highest BCUT2D eigenvalue weighted by atomic mass is 16.5. The molecule has 0 bridgehead atoms. The molecule has 2 amide bonds. The van der Waals surface area contributed by atoms with Crippen molar-refractivity contribution in [3.63, 3.8) is 0 Å². The van der Waals surface area contributed by atoms with Crippen LogP contribution >= 0.6 is 0 Å². The van der Waals surface area contributed by atoms with Crippen molar-refractivity contribution in [3.05, 3.63) is 71.3 Å². The maximum Gasteiger partial charge on any atom is 0.252 e. The van der Waals surface area contributed by atoms with E-state index in [4.69, 9.17) is 4.74 Å². The van der Waals surface area contributed by atoms with E-state index in [0.29, 0.717) is 37.4 Å². The van der Waals surface area contributed by atoms with Crippen LogP contribution in [0.2, 0.25) is 0 Å². The second kappa shape index (κ2) is 11.4. The van der Waals surface area contributed by atoms with Gasteiger partial charge in [-0.05, 0) is 12.1 Å². The summed E-state index contributed by atoms with van der Waals surface area (Å²) in [6.07, 6.45) is 0. The number of morpholine rings is 1. The van der Waals surface area contributed by atoms with Crippen LogP contribution in [0.15, 0.2) is 54.6 Å². The molecular formula is C23H27N3O5. The molecule has 31 heavy (non-hydrogen) atoms. The maximum atomic E-state index is 12.6. The molecule has 1 aliphatic rings.